The van der Waals surface area contributed by atoms with Gasteiger partial charge < -0.3 is 15.6 Å². The van der Waals surface area contributed by atoms with Crippen LogP contribution in [0.1, 0.15) is 59.2 Å². The molecule has 306 valence electrons. The summed E-state index contributed by atoms with van der Waals surface area (Å²) < 4.78 is 2.05. The Kier molecular flexibility index (Phi) is 10.3. The molecule has 9 aromatic rings. The summed E-state index contributed by atoms with van der Waals surface area (Å²) in [5, 5.41) is 7.97. The van der Waals surface area contributed by atoms with Crippen molar-refractivity contribution < 1.29 is 9.59 Å². The number of aliphatic imine (C=N–C) groups is 1. The van der Waals surface area contributed by atoms with Gasteiger partial charge in [0.1, 0.15) is 21.7 Å². The molecule has 8 nitrogen and oxygen atoms in total. The Morgan fingerprint density at radius 1 is 0.556 bits per heavy atom. The van der Waals surface area contributed by atoms with Crippen LogP contribution in [0, 0.1) is 27.7 Å². The molecule has 6 aromatic carbocycles. The first kappa shape index (κ1) is 39.6. The van der Waals surface area contributed by atoms with Crippen LogP contribution in [-0.4, -0.2) is 32.6 Å². The van der Waals surface area contributed by atoms with Crippen molar-refractivity contribution in [1.29, 1.82) is 0 Å². The van der Waals surface area contributed by atoms with Crippen molar-refractivity contribution in [3.05, 3.63) is 201 Å². The molecule has 2 amide bonds. The fourth-order valence-electron chi connectivity index (χ4n) is 8.21. The van der Waals surface area contributed by atoms with E-state index in [2.05, 4.69) is 52.0 Å². The number of nitrogens with one attached hydrogen (secondary N) is 3. The molecule has 0 unspecified atom stereocenters. The average molecular weight is 857 g/mol. The molecule has 1 aliphatic heterocycles. The quantitative estimate of drug-likeness (QED) is 0.141. The van der Waals surface area contributed by atoms with E-state index in [4.69, 9.17) is 15.0 Å². The fourth-order valence-corrected chi connectivity index (χ4v) is 10.2. The van der Waals surface area contributed by atoms with Crippen LogP contribution in [0.25, 0.3) is 59.4 Å². The Morgan fingerprint density at radius 3 is 1.67 bits per heavy atom. The highest BCUT2D eigenvalue weighted by molar-refractivity contribution is 7.21. The van der Waals surface area contributed by atoms with Crippen LogP contribution in [0.2, 0.25) is 0 Å². The molecule has 0 fully saturated rings. The largest absolute Gasteiger partial charge is 0.341 e. The second-order valence-corrected chi connectivity index (χ2v) is 17.7. The van der Waals surface area contributed by atoms with Gasteiger partial charge in [0.2, 0.25) is 0 Å². The van der Waals surface area contributed by atoms with Crippen LogP contribution in [0.3, 0.4) is 0 Å². The highest BCUT2D eigenvalue weighted by atomic mass is 32.1. The number of anilines is 1. The fraction of sp³-hybridized carbons (Fsp3) is 0.0755. The normalized spacial score (nSPS) is 13.3. The monoisotopic (exact) mass is 856 g/mol. The number of carbonyl (C=O) groups is 2. The van der Waals surface area contributed by atoms with E-state index >= 15 is 0 Å². The second-order valence-electron chi connectivity index (χ2n) is 15.7. The maximum atomic E-state index is 14.3. The number of hydrogen-bond acceptors (Lipinski definition) is 7. The van der Waals surface area contributed by atoms with Gasteiger partial charge in [-0.25, -0.2) is 15.0 Å². The minimum Gasteiger partial charge on any atom is -0.341 e. The number of thiazole rings is 2. The molecular formula is C53H40N6O2S2. The SMILES string of the molecule is Cc1ccc(C(=O)NC2=NC(=Cc3[nH]c(NC(=O)c4ccc(C)cc4C)c(-c4nc5ccccc5s4)c3-c3ccccc3)C(c3ccccc3)=C2c2nc3ccccc3s2)c(C)c1. The number of H-pyrrole nitrogens is 1. The third-order valence-electron chi connectivity index (χ3n) is 11.1. The third kappa shape index (κ3) is 7.60. The lowest BCUT2D eigenvalue weighted by Gasteiger charge is -2.11. The Balaban J connectivity index is 1.23. The summed E-state index contributed by atoms with van der Waals surface area (Å²) in [5.74, 6) is 0.393. The molecule has 4 heterocycles. The van der Waals surface area contributed by atoms with Crippen LogP contribution in [0.5, 0.6) is 0 Å². The van der Waals surface area contributed by atoms with Crippen molar-refractivity contribution in [2.24, 2.45) is 4.99 Å². The topological polar surface area (TPSA) is 112 Å². The maximum Gasteiger partial charge on any atom is 0.257 e. The molecule has 0 aliphatic carbocycles. The zero-order chi connectivity index (χ0) is 43.2. The zero-order valence-electron chi connectivity index (χ0n) is 34.9. The summed E-state index contributed by atoms with van der Waals surface area (Å²) in [6.07, 6.45) is 2.01. The first-order chi connectivity index (χ1) is 30.7. The van der Waals surface area contributed by atoms with E-state index in [1.165, 1.54) is 0 Å². The van der Waals surface area contributed by atoms with E-state index in [1.807, 2.05) is 143 Å². The van der Waals surface area contributed by atoms with Crippen LogP contribution < -0.4 is 10.6 Å². The predicted octanol–water partition coefficient (Wildman–Crippen LogP) is 12.8. The van der Waals surface area contributed by atoms with E-state index < -0.39 is 0 Å². The number of benzene rings is 6. The van der Waals surface area contributed by atoms with Gasteiger partial charge in [-0.05, 0) is 92.4 Å². The molecule has 0 saturated carbocycles. The van der Waals surface area contributed by atoms with Gasteiger partial charge in [0, 0.05) is 22.3 Å². The highest BCUT2D eigenvalue weighted by Crippen LogP contribution is 2.47. The number of allylic oxidation sites excluding steroid dienone is 1. The zero-order valence-corrected chi connectivity index (χ0v) is 36.5. The molecule has 10 heteroatoms. The molecule has 0 radical (unpaired) electrons. The van der Waals surface area contributed by atoms with Gasteiger partial charge in [0.25, 0.3) is 11.8 Å². The molecular weight excluding hydrogens is 817 g/mol. The minimum absolute atomic E-state index is 0.242. The van der Waals surface area contributed by atoms with Crippen molar-refractivity contribution in [3.63, 3.8) is 0 Å². The van der Waals surface area contributed by atoms with E-state index in [9.17, 15) is 9.59 Å². The van der Waals surface area contributed by atoms with Crippen molar-refractivity contribution in [3.8, 4) is 21.7 Å². The number of aryl methyl sites for hydroxylation is 4. The van der Waals surface area contributed by atoms with E-state index in [0.717, 1.165) is 80.5 Å². The van der Waals surface area contributed by atoms with Crippen LogP contribution in [0.15, 0.2) is 156 Å². The average Bonchev–Trinajstić information content (AvgIpc) is 4.07. The Bertz CT molecular complexity index is 3310. The summed E-state index contributed by atoms with van der Waals surface area (Å²) >= 11 is 3.12. The second kappa shape index (κ2) is 16.4. The maximum absolute atomic E-state index is 14.3. The molecule has 3 N–H and O–H groups in total. The summed E-state index contributed by atoms with van der Waals surface area (Å²) in [4.78, 5) is 47.8. The molecule has 0 spiro atoms. The van der Waals surface area contributed by atoms with Gasteiger partial charge in [-0.3, -0.25) is 9.59 Å². The Hall–Kier alpha value is -7.53. The summed E-state index contributed by atoms with van der Waals surface area (Å²) in [5.41, 5.74) is 13.0. The molecule has 63 heavy (non-hydrogen) atoms. The number of amidine groups is 1. The molecule has 10 rings (SSSR count). The molecule has 0 saturated heterocycles. The number of fused-ring (bicyclic) bond motifs is 2. The van der Waals surface area contributed by atoms with Crippen molar-refractivity contribution >= 4 is 83.8 Å². The standard InChI is InChI=1S/C53H40N6O2S2/c1-30-23-25-36(32(3)27-30)50(60)58-48-46(52-56-38-19-11-13-21-42(38)62-52)44(34-15-7-5-8-16-34)40(54-48)29-41-45(35-17-9-6-10-18-35)47(53-57-39-20-12-14-22-43(39)63-53)49(55-41)59-51(61)37-26-24-31(2)28-33(37)4/h5-29,54H,1-4H3,(H,58,60)(H,55,59,61). The molecule has 1 aliphatic rings. The van der Waals surface area contributed by atoms with E-state index in [1.54, 1.807) is 22.7 Å². The number of carbonyl (C=O) groups excluding carboxylic acids is 2. The number of nitrogens with zero attached hydrogens (tertiary/aromatic N) is 3. The summed E-state index contributed by atoms with van der Waals surface area (Å²) in [6.45, 7) is 7.92. The van der Waals surface area contributed by atoms with Crippen LogP contribution >= 0.6 is 22.7 Å². The van der Waals surface area contributed by atoms with Gasteiger partial charge in [0.15, 0.2) is 0 Å². The highest BCUT2D eigenvalue weighted by Gasteiger charge is 2.32. The molecule has 0 bridgehead atoms. The van der Waals surface area contributed by atoms with Crippen LogP contribution in [-0.2, 0) is 0 Å². The minimum atomic E-state index is -0.266. The lowest BCUT2D eigenvalue weighted by molar-refractivity contribution is 0.0975. The number of para-hydroxylation sites is 2. The Morgan fingerprint density at radius 2 is 1.08 bits per heavy atom. The molecule has 0 atom stereocenters. The summed E-state index contributed by atoms with van der Waals surface area (Å²) in [7, 11) is 0. The number of rotatable bonds is 8. The summed E-state index contributed by atoms with van der Waals surface area (Å²) in [6, 6.07) is 47.9. The number of amides is 2. The lowest BCUT2D eigenvalue weighted by atomic mass is 9.96. The lowest BCUT2D eigenvalue weighted by Crippen LogP contribution is -2.31. The van der Waals surface area contributed by atoms with Crippen molar-refractivity contribution in [2.75, 3.05) is 5.32 Å². The van der Waals surface area contributed by atoms with Gasteiger partial charge in [-0.2, -0.15) is 0 Å². The Labute approximate surface area is 372 Å². The first-order valence-corrected chi connectivity index (χ1v) is 22.2. The smallest absolute Gasteiger partial charge is 0.257 e. The van der Waals surface area contributed by atoms with Gasteiger partial charge >= 0.3 is 0 Å². The van der Waals surface area contributed by atoms with Gasteiger partial charge in [-0.1, -0.05) is 120 Å². The number of aromatic amines is 1. The van der Waals surface area contributed by atoms with Crippen molar-refractivity contribution in [1.82, 2.24) is 20.3 Å². The van der Waals surface area contributed by atoms with Crippen molar-refractivity contribution in [2.45, 2.75) is 27.7 Å². The predicted molar refractivity (Wildman–Crippen MR) is 260 cm³/mol. The third-order valence-corrected chi connectivity index (χ3v) is 13.3. The number of hydrogen-bond donors (Lipinski definition) is 3. The van der Waals surface area contributed by atoms with Crippen LogP contribution in [0.4, 0.5) is 5.82 Å². The van der Waals surface area contributed by atoms with Gasteiger partial charge in [-0.15, -0.1) is 22.7 Å². The van der Waals surface area contributed by atoms with Gasteiger partial charge in [0.05, 0.1) is 43.0 Å². The van der Waals surface area contributed by atoms with E-state index in [-0.39, 0.29) is 11.8 Å². The molecule has 3 aromatic heterocycles. The number of aromatic nitrogens is 3. The first-order valence-electron chi connectivity index (χ1n) is 20.6. The van der Waals surface area contributed by atoms with E-state index in [0.29, 0.717) is 39.7 Å².